The van der Waals surface area contributed by atoms with Crippen LogP contribution in [0, 0.1) is 5.92 Å². The zero-order valence-electron chi connectivity index (χ0n) is 9.43. The molecule has 0 radical (unpaired) electrons. The average molecular weight is 199 g/mol. The second-order valence-electron chi connectivity index (χ2n) is 4.36. The fourth-order valence-electron chi connectivity index (χ4n) is 2.36. The molecule has 2 unspecified atom stereocenters. The highest BCUT2D eigenvalue weighted by molar-refractivity contribution is 5.71. The molecular weight excluding hydrogens is 178 g/mol. The summed E-state index contributed by atoms with van der Waals surface area (Å²) in [7, 11) is 1.94. The van der Waals surface area contributed by atoms with Gasteiger partial charge in [-0.2, -0.15) is 0 Å². The van der Waals surface area contributed by atoms with Crippen molar-refractivity contribution < 1.29 is 9.53 Å². The minimum absolute atomic E-state index is 0.00562. The van der Waals surface area contributed by atoms with Crippen LogP contribution in [0.15, 0.2) is 0 Å². The predicted octanol–water partition coefficient (Wildman–Crippen LogP) is 1.72. The summed E-state index contributed by atoms with van der Waals surface area (Å²) in [5.74, 6) is 0.646. The molecule has 0 aliphatic heterocycles. The van der Waals surface area contributed by atoms with Crippen molar-refractivity contribution in [2.24, 2.45) is 5.92 Å². The molecule has 0 heterocycles. The first-order valence-corrected chi connectivity index (χ1v) is 5.46. The van der Waals surface area contributed by atoms with Crippen LogP contribution in [0.5, 0.6) is 0 Å². The summed E-state index contributed by atoms with van der Waals surface area (Å²) < 4.78 is 4.99. The Morgan fingerprint density at radius 1 is 1.64 bits per heavy atom. The lowest BCUT2D eigenvalue weighted by atomic mass is 9.92. The molecule has 1 fully saturated rings. The molecule has 3 nitrogen and oxygen atoms in total. The summed E-state index contributed by atoms with van der Waals surface area (Å²) >= 11 is 0. The van der Waals surface area contributed by atoms with E-state index in [1.807, 2.05) is 14.0 Å². The van der Waals surface area contributed by atoms with Crippen LogP contribution in [0.1, 0.15) is 39.5 Å². The summed E-state index contributed by atoms with van der Waals surface area (Å²) in [6.45, 7) is 4.57. The van der Waals surface area contributed by atoms with Crippen molar-refractivity contribution in [3.8, 4) is 0 Å². The van der Waals surface area contributed by atoms with Gasteiger partial charge < -0.3 is 10.1 Å². The van der Waals surface area contributed by atoms with Gasteiger partial charge in [0.1, 0.15) is 0 Å². The van der Waals surface area contributed by atoms with Gasteiger partial charge in [0.15, 0.2) is 0 Å². The van der Waals surface area contributed by atoms with Gasteiger partial charge in [0, 0.05) is 5.54 Å². The number of carbonyl (C=O) groups is 1. The van der Waals surface area contributed by atoms with Gasteiger partial charge in [-0.1, -0.05) is 6.92 Å². The van der Waals surface area contributed by atoms with E-state index in [9.17, 15) is 4.79 Å². The number of rotatable bonds is 4. The van der Waals surface area contributed by atoms with Crippen LogP contribution < -0.4 is 5.32 Å². The second kappa shape index (κ2) is 4.78. The van der Waals surface area contributed by atoms with Crippen molar-refractivity contribution in [3.05, 3.63) is 0 Å². The maximum absolute atomic E-state index is 11.4. The highest BCUT2D eigenvalue weighted by atomic mass is 16.5. The van der Waals surface area contributed by atoms with E-state index in [0.717, 1.165) is 18.8 Å². The van der Waals surface area contributed by atoms with E-state index in [0.29, 0.717) is 13.0 Å². The lowest BCUT2D eigenvalue weighted by molar-refractivity contribution is -0.144. The summed E-state index contributed by atoms with van der Waals surface area (Å²) in [5.41, 5.74) is 0.00562. The third-order valence-corrected chi connectivity index (χ3v) is 3.17. The lowest BCUT2D eigenvalue weighted by Crippen LogP contribution is -2.42. The monoisotopic (exact) mass is 199 g/mol. The Kier molecular flexibility index (Phi) is 3.93. The second-order valence-corrected chi connectivity index (χ2v) is 4.36. The van der Waals surface area contributed by atoms with Crippen molar-refractivity contribution in [1.29, 1.82) is 0 Å². The van der Waals surface area contributed by atoms with Gasteiger partial charge in [0.05, 0.1) is 13.0 Å². The van der Waals surface area contributed by atoms with Crippen LogP contribution in [0.25, 0.3) is 0 Å². The lowest BCUT2D eigenvalue weighted by Gasteiger charge is -2.27. The Hall–Kier alpha value is -0.570. The molecule has 0 saturated heterocycles. The minimum Gasteiger partial charge on any atom is -0.466 e. The fraction of sp³-hybridized carbons (Fsp3) is 0.909. The highest BCUT2D eigenvalue weighted by Crippen LogP contribution is 2.36. The van der Waals surface area contributed by atoms with Gasteiger partial charge in [-0.25, -0.2) is 0 Å². The third kappa shape index (κ3) is 2.71. The molecular formula is C11H21NO2. The molecule has 0 aromatic carbocycles. The number of nitrogens with one attached hydrogen (secondary N) is 1. The van der Waals surface area contributed by atoms with E-state index in [-0.39, 0.29) is 11.5 Å². The molecule has 0 bridgehead atoms. The number of ether oxygens (including phenoxy) is 1. The topological polar surface area (TPSA) is 38.3 Å². The predicted molar refractivity (Wildman–Crippen MR) is 56.1 cm³/mol. The molecule has 0 aromatic heterocycles. The normalized spacial score (nSPS) is 31.8. The summed E-state index contributed by atoms with van der Waals surface area (Å²) in [4.78, 5) is 11.4. The van der Waals surface area contributed by atoms with Gasteiger partial charge in [-0.05, 0) is 39.2 Å². The first-order chi connectivity index (χ1) is 6.62. The average Bonchev–Trinajstić information content (AvgIpc) is 2.48. The van der Waals surface area contributed by atoms with Crippen molar-refractivity contribution in [2.45, 2.75) is 45.1 Å². The molecule has 0 amide bonds. The van der Waals surface area contributed by atoms with E-state index < -0.39 is 0 Å². The molecule has 2 atom stereocenters. The Morgan fingerprint density at radius 2 is 2.36 bits per heavy atom. The molecule has 82 valence electrons. The number of hydrogen-bond donors (Lipinski definition) is 1. The molecule has 3 heteroatoms. The van der Waals surface area contributed by atoms with Crippen LogP contribution in [-0.4, -0.2) is 25.2 Å². The SMILES string of the molecule is CCOC(=O)CC1(NC)CCC(C)C1. The number of carbonyl (C=O) groups excluding carboxylic acids is 1. The maximum atomic E-state index is 11.4. The van der Waals surface area contributed by atoms with Gasteiger partial charge in [-0.15, -0.1) is 0 Å². The van der Waals surface area contributed by atoms with Crippen LogP contribution in [-0.2, 0) is 9.53 Å². The van der Waals surface area contributed by atoms with Crippen LogP contribution in [0.2, 0.25) is 0 Å². The van der Waals surface area contributed by atoms with Gasteiger partial charge in [0.2, 0.25) is 0 Å². The number of hydrogen-bond acceptors (Lipinski definition) is 3. The van der Waals surface area contributed by atoms with E-state index in [2.05, 4.69) is 12.2 Å². The molecule has 0 aromatic rings. The van der Waals surface area contributed by atoms with Crippen molar-refractivity contribution in [2.75, 3.05) is 13.7 Å². The van der Waals surface area contributed by atoms with Gasteiger partial charge in [0.25, 0.3) is 0 Å². The quantitative estimate of drug-likeness (QED) is 0.701. The standard InChI is InChI=1S/C11H21NO2/c1-4-14-10(13)8-11(12-3)6-5-9(2)7-11/h9,12H,4-8H2,1-3H3. The van der Waals surface area contributed by atoms with E-state index in [4.69, 9.17) is 4.74 Å². The molecule has 1 aliphatic rings. The Labute approximate surface area is 86.2 Å². The smallest absolute Gasteiger partial charge is 0.307 e. The molecule has 1 N–H and O–H groups in total. The number of esters is 1. The third-order valence-electron chi connectivity index (χ3n) is 3.17. The summed E-state index contributed by atoms with van der Waals surface area (Å²) in [6, 6.07) is 0. The van der Waals surface area contributed by atoms with Crippen LogP contribution >= 0.6 is 0 Å². The molecule has 1 rings (SSSR count). The van der Waals surface area contributed by atoms with E-state index in [1.165, 1.54) is 6.42 Å². The Balaban J connectivity index is 2.50. The van der Waals surface area contributed by atoms with Gasteiger partial charge >= 0.3 is 5.97 Å². The fourth-order valence-corrected chi connectivity index (χ4v) is 2.36. The van der Waals surface area contributed by atoms with Gasteiger partial charge in [-0.3, -0.25) is 4.79 Å². The van der Waals surface area contributed by atoms with Crippen molar-refractivity contribution in [3.63, 3.8) is 0 Å². The van der Waals surface area contributed by atoms with Crippen molar-refractivity contribution >= 4 is 5.97 Å². The van der Waals surface area contributed by atoms with E-state index >= 15 is 0 Å². The minimum atomic E-state index is -0.0732. The molecule has 1 aliphatic carbocycles. The summed E-state index contributed by atoms with van der Waals surface area (Å²) in [6.07, 6.45) is 3.90. The Bertz CT molecular complexity index is 205. The van der Waals surface area contributed by atoms with E-state index in [1.54, 1.807) is 0 Å². The first kappa shape index (κ1) is 11.5. The molecule has 14 heavy (non-hydrogen) atoms. The first-order valence-electron chi connectivity index (χ1n) is 5.46. The summed E-state index contributed by atoms with van der Waals surface area (Å²) in [5, 5.41) is 3.30. The van der Waals surface area contributed by atoms with Crippen LogP contribution in [0.4, 0.5) is 0 Å². The zero-order valence-corrected chi connectivity index (χ0v) is 9.43. The molecule has 0 spiro atoms. The largest absolute Gasteiger partial charge is 0.466 e. The maximum Gasteiger partial charge on any atom is 0.307 e. The zero-order chi connectivity index (χ0) is 10.6. The van der Waals surface area contributed by atoms with Crippen molar-refractivity contribution in [1.82, 2.24) is 5.32 Å². The molecule has 1 saturated carbocycles. The Morgan fingerprint density at radius 3 is 2.79 bits per heavy atom. The van der Waals surface area contributed by atoms with Crippen LogP contribution in [0.3, 0.4) is 0 Å². The highest BCUT2D eigenvalue weighted by Gasteiger charge is 2.38.